The number of hydrogen-bond acceptors (Lipinski definition) is 4. The van der Waals surface area contributed by atoms with Crippen LogP contribution in [0.25, 0.3) is 16.6 Å². The molecule has 6 nitrogen and oxygen atoms in total. The summed E-state index contributed by atoms with van der Waals surface area (Å²) in [6.45, 7) is 0. The fourth-order valence-electron chi connectivity index (χ4n) is 4.08. The first-order valence-electron chi connectivity index (χ1n) is 10.3. The lowest BCUT2D eigenvalue weighted by Gasteiger charge is -2.26. The van der Waals surface area contributed by atoms with Crippen LogP contribution in [0.1, 0.15) is 11.1 Å². The van der Waals surface area contributed by atoms with Crippen molar-refractivity contribution in [3.05, 3.63) is 114 Å². The minimum Gasteiger partial charge on any atom is -0.457 e. The number of aromatic amines is 1. The molecule has 0 aliphatic carbocycles. The van der Waals surface area contributed by atoms with Gasteiger partial charge in [-0.25, -0.2) is 0 Å². The molecule has 0 fully saturated rings. The highest BCUT2D eigenvalue weighted by atomic mass is 16.5. The molecule has 3 heterocycles. The number of allylic oxidation sites excluding steroid dienone is 1. The van der Waals surface area contributed by atoms with E-state index < -0.39 is 0 Å². The van der Waals surface area contributed by atoms with Crippen molar-refractivity contribution < 1.29 is 9.33 Å². The quantitative estimate of drug-likeness (QED) is 0.347. The molecular weight excluding hydrogens is 398 g/mol. The van der Waals surface area contributed by atoms with Crippen molar-refractivity contribution in [1.29, 1.82) is 0 Å². The van der Waals surface area contributed by atoms with E-state index in [-0.39, 0.29) is 4.59 Å². The molecule has 2 aliphatic heterocycles. The van der Waals surface area contributed by atoms with Crippen LogP contribution >= 0.6 is 0 Å². The summed E-state index contributed by atoms with van der Waals surface area (Å²) in [6.07, 6.45) is 7.28. The monoisotopic (exact) mass is 418 g/mol. The van der Waals surface area contributed by atoms with Gasteiger partial charge in [0.2, 0.25) is 5.70 Å². The summed E-state index contributed by atoms with van der Waals surface area (Å²) in [7, 11) is 0. The highest BCUT2D eigenvalue weighted by molar-refractivity contribution is 6.07. The zero-order valence-corrected chi connectivity index (χ0v) is 17.1. The number of aliphatic imine (C=N–C) groups is 2. The van der Waals surface area contributed by atoms with Gasteiger partial charge in [-0.2, -0.15) is 10.8 Å². The number of fused-ring (bicyclic) bond motifs is 2. The van der Waals surface area contributed by atoms with E-state index in [9.17, 15) is 0 Å². The van der Waals surface area contributed by atoms with E-state index in [4.69, 9.17) is 15.6 Å². The van der Waals surface area contributed by atoms with E-state index >= 15 is 0 Å². The second-order valence-electron chi connectivity index (χ2n) is 7.74. The molecule has 0 radical (unpaired) electrons. The Hall–Kier alpha value is -4.26. The molecule has 3 aromatic carbocycles. The Morgan fingerprint density at radius 2 is 1.62 bits per heavy atom. The smallest absolute Gasteiger partial charge is 0.265 e. The van der Waals surface area contributed by atoms with Gasteiger partial charge in [-0.1, -0.05) is 30.3 Å². The highest BCUT2D eigenvalue weighted by Crippen LogP contribution is 2.37. The number of quaternary nitrogens is 1. The minimum atomic E-state index is -0.0273. The molecule has 6 heteroatoms. The van der Waals surface area contributed by atoms with Crippen molar-refractivity contribution in [3.63, 3.8) is 0 Å². The third kappa shape index (κ3) is 2.98. The van der Waals surface area contributed by atoms with Crippen molar-refractivity contribution in [2.45, 2.75) is 0 Å². The maximum absolute atomic E-state index is 6.85. The van der Waals surface area contributed by atoms with Gasteiger partial charge in [0.15, 0.2) is 0 Å². The topological polar surface area (TPSA) is 75.8 Å². The SMILES string of the molecule is N[N+]12C=CN=CC1=C(c1ccc3cc[nH]c3c1)N=C2c1ccc(Oc2ccccc2)cc1. The zero-order valence-electron chi connectivity index (χ0n) is 17.1. The van der Waals surface area contributed by atoms with Gasteiger partial charge in [0.25, 0.3) is 5.84 Å². The number of ether oxygens (including phenoxy) is 1. The van der Waals surface area contributed by atoms with Crippen molar-refractivity contribution >= 4 is 28.7 Å². The van der Waals surface area contributed by atoms with E-state index in [0.717, 1.165) is 50.8 Å². The van der Waals surface area contributed by atoms with E-state index in [0.29, 0.717) is 0 Å². The average molecular weight is 418 g/mol. The van der Waals surface area contributed by atoms with Gasteiger partial charge < -0.3 is 9.72 Å². The van der Waals surface area contributed by atoms with E-state index in [1.807, 2.05) is 73.1 Å². The Morgan fingerprint density at radius 1 is 0.844 bits per heavy atom. The third-order valence-electron chi connectivity index (χ3n) is 5.71. The molecule has 1 aromatic heterocycles. The number of rotatable bonds is 4. The summed E-state index contributed by atoms with van der Waals surface area (Å²) in [4.78, 5) is 12.6. The molecule has 3 N–H and O–H groups in total. The molecule has 0 bridgehead atoms. The van der Waals surface area contributed by atoms with E-state index in [1.165, 1.54) is 0 Å². The summed E-state index contributed by atoms with van der Waals surface area (Å²) in [5, 5.41) is 1.15. The summed E-state index contributed by atoms with van der Waals surface area (Å²) in [5.41, 5.74) is 4.61. The fourth-order valence-corrected chi connectivity index (χ4v) is 4.08. The van der Waals surface area contributed by atoms with Crippen LogP contribution in [0.3, 0.4) is 0 Å². The summed E-state index contributed by atoms with van der Waals surface area (Å²) in [5.74, 6) is 9.13. The molecular formula is C26H20N5O+. The fraction of sp³-hybridized carbons (Fsp3) is 0. The number of aromatic nitrogens is 1. The van der Waals surface area contributed by atoms with Crippen LogP contribution in [0.15, 0.2) is 113 Å². The van der Waals surface area contributed by atoms with Crippen LogP contribution in [0.4, 0.5) is 0 Å². The molecule has 6 rings (SSSR count). The van der Waals surface area contributed by atoms with Crippen LogP contribution in [0.2, 0.25) is 0 Å². The van der Waals surface area contributed by atoms with Crippen LogP contribution in [0.5, 0.6) is 11.5 Å². The Balaban J connectivity index is 1.39. The van der Waals surface area contributed by atoms with Gasteiger partial charge in [0.1, 0.15) is 23.4 Å². The van der Waals surface area contributed by atoms with Crippen molar-refractivity contribution in [1.82, 2.24) is 4.98 Å². The van der Waals surface area contributed by atoms with Crippen molar-refractivity contribution in [2.75, 3.05) is 0 Å². The summed E-state index contributed by atoms with van der Waals surface area (Å²) < 4.78 is 5.90. The number of nitrogens with one attached hydrogen (secondary N) is 1. The lowest BCUT2D eigenvalue weighted by molar-refractivity contribution is -0.749. The predicted molar refractivity (Wildman–Crippen MR) is 127 cm³/mol. The van der Waals surface area contributed by atoms with Crippen LogP contribution < -0.4 is 10.6 Å². The Labute approximate surface area is 184 Å². The second kappa shape index (κ2) is 7.16. The predicted octanol–water partition coefficient (Wildman–Crippen LogP) is 5.34. The van der Waals surface area contributed by atoms with Gasteiger partial charge in [0.05, 0.1) is 18.0 Å². The summed E-state index contributed by atoms with van der Waals surface area (Å²) in [6, 6.07) is 25.8. The number of amidine groups is 1. The number of benzene rings is 3. The van der Waals surface area contributed by atoms with Crippen molar-refractivity contribution in [2.24, 2.45) is 15.8 Å². The van der Waals surface area contributed by atoms with Gasteiger partial charge >= 0.3 is 0 Å². The first-order valence-corrected chi connectivity index (χ1v) is 10.3. The first-order chi connectivity index (χ1) is 15.7. The maximum atomic E-state index is 6.85. The molecule has 1 atom stereocenters. The molecule has 4 aromatic rings. The van der Waals surface area contributed by atoms with Crippen LogP contribution in [-0.4, -0.2) is 21.6 Å². The van der Waals surface area contributed by atoms with Gasteiger partial charge in [-0.3, -0.25) is 4.99 Å². The maximum Gasteiger partial charge on any atom is 0.265 e. The number of H-pyrrole nitrogens is 1. The standard InChI is InChI=1S/C26H20N5O/c27-31-15-14-28-17-24(31)25(20-7-6-18-12-13-29-23(18)16-20)30-26(31)19-8-10-22(11-9-19)32-21-4-2-1-3-5-21/h1-17,29H,27H2/q+1. The molecule has 2 aliphatic rings. The number of nitrogens with two attached hydrogens (primary N) is 1. The molecule has 0 saturated heterocycles. The lowest BCUT2D eigenvalue weighted by atomic mass is 10.1. The Kier molecular flexibility index (Phi) is 4.14. The van der Waals surface area contributed by atoms with Gasteiger partial charge in [0, 0.05) is 17.3 Å². The number of nitrogens with zero attached hydrogens (tertiary/aromatic N) is 3. The molecule has 154 valence electrons. The van der Waals surface area contributed by atoms with Crippen molar-refractivity contribution in [3.8, 4) is 11.5 Å². The number of para-hydroxylation sites is 1. The van der Waals surface area contributed by atoms with Gasteiger partial charge in [-0.05, 0) is 53.9 Å². The average Bonchev–Trinajstić information content (AvgIpc) is 3.42. The number of hydrogen-bond donors (Lipinski definition) is 2. The molecule has 1 unspecified atom stereocenters. The largest absolute Gasteiger partial charge is 0.457 e. The van der Waals surface area contributed by atoms with E-state index in [2.05, 4.69) is 28.2 Å². The highest BCUT2D eigenvalue weighted by Gasteiger charge is 2.44. The molecule has 32 heavy (non-hydrogen) atoms. The molecule has 0 amide bonds. The van der Waals surface area contributed by atoms with Crippen LogP contribution in [0, 0.1) is 0 Å². The zero-order chi connectivity index (χ0) is 21.5. The second-order valence-corrected chi connectivity index (χ2v) is 7.74. The normalized spacial score (nSPS) is 19.3. The summed E-state index contributed by atoms with van der Waals surface area (Å²) >= 11 is 0. The van der Waals surface area contributed by atoms with Crippen LogP contribution in [-0.2, 0) is 0 Å². The third-order valence-corrected chi connectivity index (χ3v) is 5.71. The van der Waals surface area contributed by atoms with E-state index in [1.54, 1.807) is 12.4 Å². The first kappa shape index (κ1) is 18.5. The lowest BCUT2D eigenvalue weighted by Crippen LogP contribution is -2.53. The minimum absolute atomic E-state index is 0.0273. The van der Waals surface area contributed by atoms with Gasteiger partial charge in [-0.15, -0.1) is 4.59 Å². The molecule has 0 spiro atoms. The molecule has 0 saturated carbocycles. The Bertz CT molecular complexity index is 1440. The Morgan fingerprint density at radius 3 is 2.47 bits per heavy atom.